The van der Waals surface area contributed by atoms with E-state index in [0.717, 1.165) is 18.7 Å². The number of pyridine rings is 1. The highest BCUT2D eigenvalue weighted by Gasteiger charge is 2.25. The van der Waals surface area contributed by atoms with Crippen molar-refractivity contribution >= 4 is 11.9 Å². The van der Waals surface area contributed by atoms with E-state index in [9.17, 15) is 9.59 Å². The Kier molecular flexibility index (Phi) is 4.05. The highest BCUT2D eigenvalue weighted by atomic mass is 16.4. The van der Waals surface area contributed by atoms with Gasteiger partial charge in [-0.1, -0.05) is 6.42 Å². The summed E-state index contributed by atoms with van der Waals surface area (Å²) in [4.78, 5) is 26.7. The molecule has 0 bridgehead atoms. The van der Waals surface area contributed by atoms with Gasteiger partial charge in [0.1, 0.15) is 11.5 Å². The van der Waals surface area contributed by atoms with Gasteiger partial charge in [0.15, 0.2) is 5.82 Å². The van der Waals surface area contributed by atoms with Gasteiger partial charge in [0.25, 0.3) is 5.91 Å². The second-order valence-electron chi connectivity index (χ2n) is 5.58. The maximum absolute atomic E-state index is 12.1. The third-order valence-corrected chi connectivity index (χ3v) is 4.12. The second-order valence-corrected chi connectivity index (χ2v) is 5.58. The van der Waals surface area contributed by atoms with E-state index in [2.05, 4.69) is 20.5 Å². The Balaban J connectivity index is 1.66. The molecule has 0 spiro atoms. The molecule has 1 fully saturated rings. The summed E-state index contributed by atoms with van der Waals surface area (Å²) >= 11 is 0. The van der Waals surface area contributed by atoms with Crippen LogP contribution in [0.3, 0.4) is 0 Å². The molecule has 23 heavy (non-hydrogen) atoms. The van der Waals surface area contributed by atoms with Gasteiger partial charge in [-0.3, -0.25) is 4.79 Å². The number of rotatable bonds is 5. The topological polar surface area (TPSA) is 110 Å². The Bertz CT molecular complexity index is 751. The summed E-state index contributed by atoms with van der Waals surface area (Å²) in [7, 11) is 1.89. The van der Waals surface area contributed by atoms with E-state index in [4.69, 9.17) is 5.11 Å². The minimum absolute atomic E-state index is 0.163. The van der Waals surface area contributed by atoms with Crippen molar-refractivity contribution in [2.75, 3.05) is 0 Å². The van der Waals surface area contributed by atoms with Crippen molar-refractivity contribution in [1.82, 2.24) is 25.1 Å². The van der Waals surface area contributed by atoms with E-state index < -0.39 is 5.97 Å². The van der Waals surface area contributed by atoms with Gasteiger partial charge in [-0.2, -0.15) is 0 Å². The Labute approximate surface area is 132 Å². The molecule has 8 nitrogen and oxygen atoms in total. The summed E-state index contributed by atoms with van der Waals surface area (Å²) in [5.41, 5.74) is 0.0855. The molecule has 3 rings (SSSR count). The third-order valence-electron chi connectivity index (χ3n) is 4.12. The number of hydrogen-bond donors (Lipinski definition) is 2. The van der Waals surface area contributed by atoms with Crippen LogP contribution in [0.4, 0.5) is 0 Å². The predicted octanol–water partition coefficient (Wildman–Crippen LogP) is 1.11. The molecule has 2 aromatic rings. The minimum atomic E-state index is -1.17. The number of amides is 1. The Morgan fingerprint density at radius 3 is 2.83 bits per heavy atom. The van der Waals surface area contributed by atoms with Crippen LogP contribution >= 0.6 is 0 Å². The van der Waals surface area contributed by atoms with Gasteiger partial charge in [-0.05, 0) is 25.0 Å². The van der Waals surface area contributed by atoms with Gasteiger partial charge in [0.2, 0.25) is 0 Å². The normalized spacial score (nSPS) is 14.3. The Hall–Kier alpha value is -2.77. The largest absolute Gasteiger partial charge is 0.477 e. The summed E-state index contributed by atoms with van der Waals surface area (Å²) in [6, 6.07) is 2.71. The van der Waals surface area contributed by atoms with Gasteiger partial charge in [-0.25, -0.2) is 9.78 Å². The van der Waals surface area contributed by atoms with Gasteiger partial charge >= 0.3 is 5.97 Å². The molecule has 2 aromatic heterocycles. The van der Waals surface area contributed by atoms with E-state index in [1.165, 1.54) is 24.8 Å². The lowest BCUT2D eigenvalue weighted by Crippen LogP contribution is -2.25. The quantitative estimate of drug-likeness (QED) is 0.855. The van der Waals surface area contributed by atoms with Crippen molar-refractivity contribution in [2.24, 2.45) is 7.05 Å². The number of carbonyl (C=O) groups excluding carboxylic acids is 1. The number of nitrogens with one attached hydrogen (secondary N) is 1. The molecular formula is C15H17N5O3. The molecule has 2 N–H and O–H groups in total. The fourth-order valence-electron chi connectivity index (χ4n) is 2.50. The number of carboxylic acid groups (broad SMARTS) is 1. The van der Waals surface area contributed by atoms with Crippen molar-refractivity contribution in [2.45, 2.75) is 31.7 Å². The van der Waals surface area contributed by atoms with E-state index in [-0.39, 0.29) is 23.7 Å². The van der Waals surface area contributed by atoms with Crippen LogP contribution in [0.2, 0.25) is 0 Å². The average Bonchev–Trinajstić information content (AvgIpc) is 2.84. The van der Waals surface area contributed by atoms with Crippen molar-refractivity contribution in [3.63, 3.8) is 0 Å². The van der Waals surface area contributed by atoms with Crippen LogP contribution < -0.4 is 5.32 Å². The monoisotopic (exact) mass is 315 g/mol. The zero-order valence-electron chi connectivity index (χ0n) is 12.7. The summed E-state index contributed by atoms with van der Waals surface area (Å²) in [6.45, 7) is 0.236. The number of carboxylic acids is 1. The lowest BCUT2D eigenvalue weighted by atomic mass is 9.85. The molecule has 0 aromatic carbocycles. The van der Waals surface area contributed by atoms with Crippen molar-refractivity contribution in [1.29, 1.82) is 0 Å². The maximum Gasteiger partial charge on any atom is 0.354 e. The molecule has 1 aliphatic carbocycles. The zero-order chi connectivity index (χ0) is 16.4. The smallest absolute Gasteiger partial charge is 0.354 e. The Morgan fingerprint density at radius 1 is 1.39 bits per heavy atom. The van der Waals surface area contributed by atoms with Gasteiger partial charge in [-0.15, -0.1) is 10.2 Å². The molecule has 1 saturated carbocycles. The first-order chi connectivity index (χ1) is 11.1. The van der Waals surface area contributed by atoms with Crippen LogP contribution in [-0.2, 0) is 13.6 Å². The van der Waals surface area contributed by atoms with Crippen LogP contribution in [0.25, 0.3) is 0 Å². The average molecular weight is 315 g/mol. The summed E-state index contributed by atoms with van der Waals surface area (Å²) < 4.78 is 1.92. The molecule has 8 heteroatoms. The standard InChI is InChI=1S/C15H17N5O3/c1-20-12(18-19-13(20)9-3-2-4-9)8-17-14(21)10-5-6-16-11(7-10)15(22)23/h5-7,9H,2-4,8H2,1H3,(H,17,21)(H,22,23). The van der Waals surface area contributed by atoms with Crippen molar-refractivity contribution < 1.29 is 14.7 Å². The van der Waals surface area contributed by atoms with Gasteiger partial charge < -0.3 is 15.0 Å². The first kappa shape index (κ1) is 15.1. The van der Waals surface area contributed by atoms with Crippen LogP contribution in [0.5, 0.6) is 0 Å². The van der Waals surface area contributed by atoms with E-state index in [0.29, 0.717) is 11.7 Å². The van der Waals surface area contributed by atoms with E-state index in [1.54, 1.807) is 0 Å². The van der Waals surface area contributed by atoms with E-state index >= 15 is 0 Å². The molecule has 0 atom stereocenters. The molecule has 0 aliphatic heterocycles. The van der Waals surface area contributed by atoms with Crippen LogP contribution in [0.15, 0.2) is 18.3 Å². The number of hydrogen-bond acceptors (Lipinski definition) is 5. The first-order valence-electron chi connectivity index (χ1n) is 7.42. The molecule has 2 heterocycles. The Morgan fingerprint density at radius 2 is 2.17 bits per heavy atom. The molecule has 1 aliphatic rings. The summed E-state index contributed by atoms with van der Waals surface area (Å²) in [5, 5.41) is 20.0. The van der Waals surface area contributed by atoms with E-state index in [1.807, 2.05) is 11.6 Å². The zero-order valence-corrected chi connectivity index (χ0v) is 12.7. The van der Waals surface area contributed by atoms with Crippen LogP contribution in [0, 0.1) is 0 Å². The van der Waals surface area contributed by atoms with Crippen molar-refractivity contribution in [3.05, 3.63) is 41.2 Å². The predicted molar refractivity (Wildman–Crippen MR) is 80.0 cm³/mol. The molecule has 0 radical (unpaired) electrons. The number of carbonyl (C=O) groups is 2. The molecule has 0 unspecified atom stereocenters. The lowest BCUT2D eigenvalue weighted by Gasteiger charge is -2.24. The SMILES string of the molecule is Cn1c(CNC(=O)c2ccnc(C(=O)O)c2)nnc1C1CCC1. The molecule has 120 valence electrons. The first-order valence-corrected chi connectivity index (χ1v) is 7.42. The molecule has 1 amide bonds. The molecular weight excluding hydrogens is 298 g/mol. The highest BCUT2D eigenvalue weighted by Crippen LogP contribution is 2.34. The fourth-order valence-corrected chi connectivity index (χ4v) is 2.50. The van der Waals surface area contributed by atoms with Crippen LogP contribution in [0.1, 0.15) is 57.7 Å². The van der Waals surface area contributed by atoms with Gasteiger partial charge in [0.05, 0.1) is 6.54 Å². The minimum Gasteiger partial charge on any atom is -0.477 e. The lowest BCUT2D eigenvalue weighted by molar-refractivity contribution is 0.0690. The summed E-state index contributed by atoms with van der Waals surface area (Å²) in [5.74, 6) is 0.557. The van der Waals surface area contributed by atoms with Gasteiger partial charge in [0, 0.05) is 24.7 Å². The highest BCUT2D eigenvalue weighted by molar-refractivity contribution is 5.96. The summed E-state index contributed by atoms with van der Waals surface area (Å²) in [6.07, 6.45) is 4.79. The third kappa shape index (κ3) is 3.05. The fraction of sp³-hybridized carbons (Fsp3) is 0.400. The van der Waals surface area contributed by atoms with Crippen molar-refractivity contribution in [3.8, 4) is 0 Å². The van der Waals surface area contributed by atoms with Crippen LogP contribution in [-0.4, -0.2) is 36.7 Å². The number of aromatic carboxylic acids is 1. The maximum atomic E-state index is 12.1. The number of aromatic nitrogens is 4. The molecule has 0 saturated heterocycles. The number of nitrogens with zero attached hydrogens (tertiary/aromatic N) is 4. The second kappa shape index (κ2) is 6.15.